The molecule has 0 radical (unpaired) electrons. The summed E-state index contributed by atoms with van der Waals surface area (Å²) in [6.07, 6.45) is 7.27. The number of hydrogen-bond acceptors (Lipinski definition) is 8. The normalized spacial score (nSPS) is 17.8. The third-order valence-electron chi connectivity index (χ3n) is 6.44. The predicted octanol–water partition coefficient (Wildman–Crippen LogP) is 4.52. The number of rotatable bonds is 6. The van der Waals surface area contributed by atoms with Crippen molar-refractivity contribution in [2.24, 2.45) is 0 Å². The average Bonchev–Trinajstić information content (AvgIpc) is 3.69. The molecule has 5 aromatic rings. The van der Waals surface area contributed by atoms with Crippen molar-refractivity contribution in [3.8, 4) is 17.3 Å². The topological polar surface area (TPSA) is 116 Å². The van der Waals surface area contributed by atoms with Crippen LogP contribution < -0.4 is 5.32 Å². The van der Waals surface area contributed by atoms with Crippen molar-refractivity contribution in [1.82, 2.24) is 44.8 Å². The van der Waals surface area contributed by atoms with Crippen LogP contribution in [0.1, 0.15) is 52.8 Å². The monoisotopic (exact) mass is 539 g/mol. The Balaban J connectivity index is 1.36. The van der Waals surface area contributed by atoms with E-state index in [1.165, 1.54) is 23.1 Å². The summed E-state index contributed by atoms with van der Waals surface area (Å²) in [6, 6.07) is 4.22. The van der Waals surface area contributed by atoms with Crippen molar-refractivity contribution < 1.29 is 18.0 Å². The van der Waals surface area contributed by atoms with Gasteiger partial charge in [-0.3, -0.25) is 4.79 Å². The second-order valence-electron chi connectivity index (χ2n) is 8.85. The molecule has 1 amide bonds. The number of alkyl halides is 2. The fraction of sp³-hybridized carbons (Fsp3) is 0.292. The van der Waals surface area contributed by atoms with E-state index in [4.69, 9.17) is 0 Å². The highest BCUT2D eigenvalue weighted by atomic mass is 32.1. The lowest BCUT2D eigenvalue weighted by Crippen LogP contribution is -2.39. The zero-order chi connectivity index (χ0) is 26.2. The number of halogens is 3. The fourth-order valence-electron chi connectivity index (χ4n) is 4.79. The van der Waals surface area contributed by atoms with Crippen LogP contribution in [0.3, 0.4) is 0 Å². The molecule has 1 aliphatic rings. The molecule has 1 aliphatic carbocycles. The number of fused-ring (bicyclic) bond motifs is 1. The van der Waals surface area contributed by atoms with Crippen molar-refractivity contribution in [3.63, 3.8) is 0 Å². The van der Waals surface area contributed by atoms with Gasteiger partial charge in [0.15, 0.2) is 22.5 Å². The molecule has 0 spiro atoms. The molecular formula is C24H20F3N9OS. The number of carbonyl (C=O) groups is 1. The van der Waals surface area contributed by atoms with Crippen molar-refractivity contribution in [3.05, 3.63) is 64.9 Å². The quantitative estimate of drug-likeness (QED) is 0.337. The summed E-state index contributed by atoms with van der Waals surface area (Å²) in [7, 11) is 0. The van der Waals surface area contributed by atoms with Gasteiger partial charge in [-0.25, -0.2) is 33.1 Å². The standard InChI is InChI=1S/C24H20F3N9OS/c25-15-5-2-6-28-20(15)22-34-16-11-29-19(36-31-7-8-32-36)10-17(16)35(22)14-4-1-3-13(9-14)33-23(37)24-30-12-18(38-24)21(26)27/h2,5-8,10-14,21H,1,3-4,9H2,(H,33,37)/t13-,14+/m0/s1. The minimum Gasteiger partial charge on any atom is -0.347 e. The van der Waals surface area contributed by atoms with Crippen LogP contribution in [-0.2, 0) is 0 Å². The lowest BCUT2D eigenvalue weighted by atomic mass is 9.90. The average molecular weight is 540 g/mol. The number of imidazole rings is 1. The summed E-state index contributed by atoms with van der Waals surface area (Å²) < 4.78 is 42.7. The van der Waals surface area contributed by atoms with Gasteiger partial charge < -0.3 is 9.88 Å². The third kappa shape index (κ3) is 4.51. The smallest absolute Gasteiger partial charge is 0.280 e. The van der Waals surface area contributed by atoms with Crippen LogP contribution in [0, 0.1) is 5.82 Å². The van der Waals surface area contributed by atoms with Crippen LogP contribution in [0.2, 0.25) is 0 Å². The SMILES string of the molecule is O=C(N[C@H]1CCC[C@@H](n2c(-c3ncccc3F)nc3cnc(-n4nccn4)cc32)C1)c1ncc(C(F)F)s1. The second-order valence-corrected chi connectivity index (χ2v) is 9.91. The highest BCUT2D eigenvalue weighted by Gasteiger charge is 2.30. The largest absolute Gasteiger partial charge is 0.347 e. The zero-order valence-electron chi connectivity index (χ0n) is 19.7. The van der Waals surface area contributed by atoms with Crippen LogP contribution >= 0.6 is 11.3 Å². The van der Waals surface area contributed by atoms with Gasteiger partial charge in [0.1, 0.15) is 11.2 Å². The van der Waals surface area contributed by atoms with Crippen LogP contribution in [0.5, 0.6) is 0 Å². The molecule has 1 fully saturated rings. The molecular weight excluding hydrogens is 519 g/mol. The molecule has 10 nitrogen and oxygen atoms in total. The van der Waals surface area contributed by atoms with E-state index in [-0.39, 0.29) is 27.7 Å². The van der Waals surface area contributed by atoms with E-state index >= 15 is 0 Å². The van der Waals surface area contributed by atoms with Gasteiger partial charge in [0, 0.05) is 30.5 Å². The van der Waals surface area contributed by atoms with E-state index in [1.807, 2.05) is 4.57 Å². The van der Waals surface area contributed by atoms with Gasteiger partial charge in [0.05, 0.1) is 29.0 Å². The highest BCUT2D eigenvalue weighted by Crippen LogP contribution is 2.36. The van der Waals surface area contributed by atoms with Crippen LogP contribution in [0.25, 0.3) is 28.4 Å². The number of aromatic nitrogens is 8. The summed E-state index contributed by atoms with van der Waals surface area (Å²) in [5.74, 6) is -0.180. The Morgan fingerprint density at radius 3 is 2.71 bits per heavy atom. The molecule has 0 aromatic carbocycles. The lowest BCUT2D eigenvalue weighted by Gasteiger charge is -2.31. The molecule has 1 saturated carbocycles. The number of hydrogen-bond donors (Lipinski definition) is 1. The van der Waals surface area contributed by atoms with Gasteiger partial charge in [-0.1, -0.05) is 0 Å². The minimum absolute atomic E-state index is 0.00538. The second kappa shape index (κ2) is 9.93. The van der Waals surface area contributed by atoms with Gasteiger partial charge in [0.2, 0.25) is 0 Å². The van der Waals surface area contributed by atoms with Gasteiger partial charge in [-0.2, -0.15) is 10.2 Å². The molecule has 0 unspecified atom stereocenters. The molecule has 6 rings (SSSR count). The first-order chi connectivity index (χ1) is 18.5. The van der Waals surface area contributed by atoms with E-state index in [0.29, 0.717) is 46.9 Å². The summed E-state index contributed by atoms with van der Waals surface area (Å²) in [5, 5.41) is 11.2. The first kappa shape index (κ1) is 24.2. The van der Waals surface area contributed by atoms with Crippen LogP contribution in [0.4, 0.5) is 13.2 Å². The zero-order valence-corrected chi connectivity index (χ0v) is 20.5. The minimum atomic E-state index is -2.68. The Labute approximate surface area is 217 Å². The lowest BCUT2D eigenvalue weighted by molar-refractivity contribution is 0.0920. The van der Waals surface area contributed by atoms with E-state index < -0.39 is 18.1 Å². The van der Waals surface area contributed by atoms with Crippen molar-refractivity contribution in [2.75, 3.05) is 0 Å². The van der Waals surface area contributed by atoms with E-state index in [1.54, 1.807) is 24.7 Å². The molecule has 38 heavy (non-hydrogen) atoms. The number of amides is 1. The molecule has 0 aliphatic heterocycles. The van der Waals surface area contributed by atoms with Crippen LogP contribution in [0.15, 0.2) is 49.2 Å². The number of carbonyl (C=O) groups excluding carboxylic acids is 1. The van der Waals surface area contributed by atoms with Gasteiger partial charge >= 0.3 is 0 Å². The summed E-state index contributed by atoms with van der Waals surface area (Å²) in [6.45, 7) is 0. The van der Waals surface area contributed by atoms with E-state index in [0.717, 1.165) is 19.0 Å². The fourth-order valence-corrected chi connectivity index (χ4v) is 5.46. The predicted molar refractivity (Wildman–Crippen MR) is 131 cm³/mol. The number of nitrogens with zero attached hydrogens (tertiary/aromatic N) is 8. The Bertz CT molecular complexity index is 1600. The molecule has 0 bridgehead atoms. The van der Waals surface area contributed by atoms with Crippen molar-refractivity contribution >= 4 is 28.3 Å². The van der Waals surface area contributed by atoms with Gasteiger partial charge in [-0.15, -0.1) is 16.1 Å². The van der Waals surface area contributed by atoms with Crippen LogP contribution in [-0.4, -0.2) is 51.4 Å². The summed E-state index contributed by atoms with van der Waals surface area (Å²) in [5.41, 5.74) is 1.36. The molecule has 1 N–H and O–H groups in total. The Kier molecular flexibility index (Phi) is 6.31. The van der Waals surface area contributed by atoms with Gasteiger partial charge in [0.25, 0.3) is 12.3 Å². The number of pyridine rings is 2. The molecule has 5 aromatic heterocycles. The Morgan fingerprint density at radius 1 is 1.11 bits per heavy atom. The number of nitrogens with one attached hydrogen (secondary N) is 1. The summed E-state index contributed by atoms with van der Waals surface area (Å²) >= 11 is 0.680. The molecule has 14 heteroatoms. The maximum atomic E-state index is 14.9. The first-order valence-electron chi connectivity index (χ1n) is 11.9. The molecule has 0 saturated heterocycles. The molecule has 2 atom stereocenters. The maximum Gasteiger partial charge on any atom is 0.280 e. The van der Waals surface area contributed by atoms with Crippen molar-refractivity contribution in [1.29, 1.82) is 0 Å². The van der Waals surface area contributed by atoms with E-state index in [2.05, 4.69) is 35.5 Å². The first-order valence-corrected chi connectivity index (χ1v) is 12.7. The number of thiazole rings is 1. The molecule has 194 valence electrons. The maximum absolute atomic E-state index is 14.9. The van der Waals surface area contributed by atoms with E-state index in [9.17, 15) is 18.0 Å². The van der Waals surface area contributed by atoms with Crippen molar-refractivity contribution in [2.45, 2.75) is 44.2 Å². The third-order valence-corrected chi connectivity index (χ3v) is 7.44. The Morgan fingerprint density at radius 2 is 1.95 bits per heavy atom. The Hall–Kier alpha value is -4.20. The molecule has 5 heterocycles. The highest BCUT2D eigenvalue weighted by molar-refractivity contribution is 7.13. The van der Waals surface area contributed by atoms with Gasteiger partial charge in [-0.05, 0) is 37.8 Å². The summed E-state index contributed by atoms with van der Waals surface area (Å²) in [4.78, 5) is 31.1.